The zero-order chi connectivity index (χ0) is 18.0. The molecule has 0 aliphatic heterocycles. The monoisotopic (exact) mass is 343 g/mol. The van der Waals surface area contributed by atoms with Gasteiger partial charge in [0.15, 0.2) is 0 Å². The maximum Gasteiger partial charge on any atom is 0.216 e. The zero-order valence-corrected chi connectivity index (χ0v) is 14.9. The van der Waals surface area contributed by atoms with Gasteiger partial charge in [0.1, 0.15) is 5.82 Å². The van der Waals surface area contributed by atoms with Gasteiger partial charge in [-0.05, 0) is 38.1 Å². The normalized spacial score (nSPS) is 11.1. The van der Waals surface area contributed by atoms with Crippen LogP contribution in [0.1, 0.15) is 22.5 Å². The van der Waals surface area contributed by atoms with E-state index in [0.29, 0.717) is 13.1 Å². The first-order valence-electron chi connectivity index (χ1n) is 8.08. The minimum absolute atomic E-state index is 0.254. The second-order valence-electron chi connectivity index (χ2n) is 5.96. The molecule has 0 saturated heterocycles. The first-order valence-corrected chi connectivity index (χ1v) is 8.08. The summed E-state index contributed by atoms with van der Waals surface area (Å²) >= 11 is 0. The fourth-order valence-corrected chi connectivity index (χ4v) is 2.86. The number of rotatable bonds is 6. The van der Waals surface area contributed by atoms with Gasteiger partial charge in [0.2, 0.25) is 5.88 Å². The molecule has 0 atom stereocenters. The molecule has 2 aromatic heterocycles. The molecule has 0 fully saturated rings. The van der Waals surface area contributed by atoms with Gasteiger partial charge in [-0.15, -0.1) is 0 Å². The minimum atomic E-state index is -0.254. The molecule has 0 aliphatic rings. The lowest BCUT2D eigenvalue weighted by molar-refractivity contribution is 0.368. The molecule has 1 N–H and O–H groups in total. The molecule has 0 saturated carbocycles. The van der Waals surface area contributed by atoms with Crippen molar-refractivity contribution in [1.29, 1.82) is 0 Å². The summed E-state index contributed by atoms with van der Waals surface area (Å²) in [7, 11) is 3.52. The van der Waals surface area contributed by atoms with Crippen LogP contribution < -0.4 is 10.1 Å². The predicted octanol–water partition coefficient (Wildman–Crippen LogP) is 2.66. The molecule has 6 nitrogen and oxygen atoms in total. The summed E-state index contributed by atoms with van der Waals surface area (Å²) in [6.45, 7) is 5.26. The van der Waals surface area contributed by atoms with Crippen LogP contribution in [0.5, 0.6) is 5.88 Å². The van der Waals surface area contributed by atoms with Gasteiger partial charge < -0.3 is 10.1 Å². The quantitative estimate of drug-likeness (QED) is 0.748. The van der Waals surface area contributed by atoms with Crippen molar-refractivity contribution in [2.45, 2.75) is 26.9 Å². The number of hydrogen-bond acceptors (Lipinski definition) is 4. The number of aromatic nitrogens is 4. The van der Waals surface area contributed by atoms with E-state index >= 15 is 0 Å². The Kier molecular flexibility index (Phi) is 4.85. The summed E-state index contributed by atoms with van der Waals surface area (Å²) in [6.07, 6.45) is 1.96. The summed E-state index contributed by atoms with van der Waals surface area (Å²) < 4.78 is 22.0. The van der Waals surface area contributed by atoms with Crippen LogP contribution in [0.2, 0.25) is 0 Å². The van der Waals surface area contributed by atoms with Crippen molar-refractivity contribution >= 4 is 0 Å². The van der Waals surface area contributed by atoms with Crippen molar-refractivity contribution in [3.05, 3.63) is 58.8 Å². The molecule has 0 aliphatic carbocycles. The predicted molar refractivity (Wildman–Crippen MR) is 93.3 cm³/mol. The maximum absolute atomic E-state index is 13.1. The van der Waals surface area contributed by atoms with Crippen LogP contribution in [0, 0.1) is 19.7 Å². The third-order valence-electron chi connectivity index (χ3n) is 4.19. The molecule has 7 heteroatoms. The van der Waals surface area contributed by atoms with Crippen molar-refractivity contribution in [3.63, 3.8) is 0 Å². The average molecular weight is 343 g/mol. The summed E-state index contributed by atoms with van der Waals surface area (Å²) in [5.74, 6) is 0.513. The number of ether oxygens (including phenoxy) is 1. The lowest BCUT2D eigenvalue weighted by Crippen LogP contribution is -2.14. The van der Waals surface area contributed by atoms with E-state index in [1.165, 1.54) is 12.1 Å². The fourth-order valence-electron chi connectivity index (χ4n) is 2.86. The van der Waals surface area contributed by atoms with E-state index in [4.69, 9.17) is 4.74 Å². The van der Waals surface area contributed by atoms with Crippen LogP contribution in [0.15, 0.2) is 30.5 Å². The lowest BCUT2D eigenvalue weighted by atomic mass is 10.2. The molecule has 3 aromatic rings. The number of nitrogens with zero attached hydrogens (tertiary/aromatic N) is 4. The zero-order valence-electron chi connectivity index (χ0n) is 14.9. The molecular formula is C18H22FN5O. The number of hydrogen-bond donors (Lipinski definition) is 1. The molecule has 0 spiro atoms. The van der Waals surface area contributed by atoms with Gasteiger partial charge in [-0.25, -0.2) is 13.8 Å². The van der Waals surface area contributed by atoms with E-state index in [1.54, 1.807) is 28.6 Å². The van der Waals surface area contributed by atoms with Crippen molar-refractivity contribution < 1.29 is 9.13 Å². The highest BCUT2D eigenvalue weighted by Gasteiger charge is 2.14. The molecule has 0 amide bonds. The van der Waals surface area contributed by atoms with E-state index < -0.39 is 0 Å². The highest BCUT2D eigenvalue weighted by atomic mass is 19.1. The average Bonchev–Trinajstić information content (AvgIpc) is 3.08. The second kappa shape index (κ2) is 7.06. The molecule has 0 bridgehead atoms. The van der Waals surface area contributed by atoms with E-state index in [9.17, 15) is 4.39 Å². The SMILES string of the molecule is COc1c(CNCc2cn(-c3ccc(F)cc3)nc2C)c(C)nn1C. The Balaban J connectivity index is 1.69. The van der Waals surface area contributed by atoms with Crippen molar-refractivity contribution in [2.24, 2.45) is 7.05 Å². The van der Waals surface area contributed by atoms with Crippen molar-refractivity contribution in [1.82, 2.24) is 24.9 Å². The Morgan fingerprint density at radius 2 is 1.80 bits per heavy atom. The number of nitrogens with one attached hydrogen (secondary N) is 1. The summed E-state index contributed by atoms with van der Waals surface area (Å²) in [4.78, 5) is 0. The van der Waals surface area contributed by atoms with E-state index in [1.807, 2.05) is 27.1 Å². The smallest absolute Gasteiger partial charge is 0.216 e. The van der Waals surface area contributed by atoms with Crippen LogP contribution in [-0.2, 0) is 20.1 Å². The Bertz CT molecular complexity index is 866. The fraction of sp³-hybridized carbons (Fsp3) is 0.333. The van der Waals surface area contributed by atoms with Crippen molar-refractivity contribution in [2.75, 3.05) is 7.11 Å². The van der Waals surface area contributed by atoms with Crippen LogP contribution in [0.3, 0.4) is 0 Å². The molecule has 0 unspecified atom stereocenters. The topological polar surface area (TPSA) is 56.9 Å². The van der Waals surface area contributed by atoms with Gasteiger partial charge in [0, 0.05) is 31.9 Å². The van der Waals surface area contributed by atoms with E-state index in [2.05, 4.69) is 15.5 Å². The largest absolute Gasteiger partial charge is 0.481 e. The molecule has 0 radical (unpaired) electrons. The second-order valence-corrected chi connectivity index (χ2v) is 5.96. The Hall–Kier alpha value is -2.67. The first-order chi connectivity index (χ1) is 12.0. The molecule has 1 aromatic carbocycles. The highest BCUT2D eigenvalue weighted by molar-refractivity contribution is 5.33. The number of aryl methyl sites for hydroxylation is 3. The van der Waals surface area contributed by atoms with Gasteiger partial charge in [0.25, 0.3) is 0 Å². The Labute approximate surface area is 146 Å². The van der Waals surface area contributed by atoms with Gasteiger partial charge in [0.05, 0.1) is 29.7 Å². The Morgan fingerprint density at radius 1 is 1.08 bits per heavy atom. The highest BCUT2D eigenvalue weighted by Crippen LogP contribution is 2.21. The minimum Gasteiger partial charge on any atom is -0.481 e. The first kappa shape index (κ1) is 17.2. The van der Waals surface area contributed by atoms with Crippen molar-refractivity contribution in [3.8, 4) is 11.6 Å². The van der Waals surface area contributed by atoms with Crippen LogP contribution >= 0.6 is 0 Å². The van der Waals surface area contributed by atoms with Gasteiger partial charge in [-0.2, -0.15) is 10.2 Å². The Morgan fingerprint density at radius 3 is 2.48 bits per heavy atom. The molecule has 3 rings (SSSR count). The molecule has 25 heavy (non-hydrogen) atoms. The van der Waals surface area contributed by atoms with Gasteiger partial charge in [-0.3, -0.25) is 0 Å². The third-order valence-corrected chi connectivity index (χ3v) is 4.19. The summed E-state index contributed by atoms with van der Waals surface area (Å²) in [6, 6.07) is 6.29. The van der Waals surface area contributed by atoms with Gasteiger partial charge >= 0.3 is 0 Å². The van der Waals surface area contributed by atoms with Crippen LogP contribution in [-0.4, -0.2) is 26.7 Å². The van der Waals surface area contributed by atoms with E-state index in [-0.39, 0.29) is 5.82 Å². The number of methoxy groups -OCH3 is 1. The standard InChI is InChI=1S/C18H22FN5O/c1-12-14(11-24(22-12)16-7-5-15(19)6-8-16)9-20-10-17-13(2)21-23(3)18(17)25-4/h5-8,11,20H,9-10H2,1-4H3. The number of benzene rings is 1. The third kappa shape index (κ3) is 3.56. The molecule has 2 heterocycles. The molecular weight excluding hydrogens is 321 g/mol. The van der Waals surface area contributed by atoms with Gasteiger partial charge in [-0.1, -0.05) is 0 Å². The number of halogens is 1. The summed E-state index contributed by atoms with van der Waals surface area (Å²) in [5.41, 5.74) is 4.86. The van der Waals surface area contributed by atoms with E-state index in [0.717, 1.165) is 34.1 Å². The maximum atomic E-state index is 13.1. The summed E-state index contributed by atoms with van der Waals surface area (Å²) in [5, 5.41) is 12.3. The lowest BCUT2D eigenvalue weighted by Gasteiger charge is -2.06. The molecule has 132 valence electrons. The van der Waals surface area contributed by atoms with Crippen LogP contribution in [0.25, 0.3) is 5.69 Å². The van der Waals surface area contributed by atoms with Crippen LogP contribution in [0.4, 0.5) is 4.39 Å².